The molecule has 0 bridgehead atoms. The maximum absolute atomic E-state index is 12.3. The molecule has 7 nitrogen and oxygen atoms in total. The summed E-state index contributed by atoms with van der Waals surface area (Å²) in [6, 6.07) is 16.8. The molecule has 1 amide bonds. The van der Waals surface area contributed by atoms with Crippen LogP contribution in [0.2, 0.25) is 0 Å². The van der Waals surface area contributed by atoms with Crippen molar-refractivity contribution in [2.75, 3.05) is 14.2 Å². The van der Waals surface area contributed by atoms with Crippen molar-refractivity contribution >= 4 is 5.91 Å². The lowest BCUT2D eigenvalue weighted by atomic mass is 10.0. The number of hydrogen-bond donors (Lipinski definition) is 1. The second-order valence-electron chi connectivity index (χ2n) is 7.77. The molecule has 0 radical (unpaired) electrons. The lowest BCUT2D eigenvalue weighted by Gasteiger charge is -2.11. The first-order chi connectivity index (χ1) is 15.4. The van der Waals surface area contributed by atoms with Crippen LogP contribution in [0.3, 0.4) is 0 Å². The van der Waals surface area contributed by atoms with E-state index in [1.54, 1.807) is 26.4 Å². The molecule has 0 aliphatic rings. The first-order valence-corrected chi connectivity index (χ1v) is 10.6. The molecule has 0 saturated carbocycles. The second kappa shape index (κ2) is 10.6. The molecule has 1 N–H and O–H groups in total. The molecule has 0 unspecified atom stereocenters. The summed E-state index contributed by atoms with van der Waals surface area (Å²) in [6.07, 6.45) is 0.149. The van der Waals surface area contributed by atoms with Gasteiger partial charge in [0.25, 0.3) is 5.56 Å². The van der Waals surface area contributed by atoms with Gasteiger partial charge in [0.05, 0.1) is 26.5 Å². The first-order valence-electron chi connectivity index (χ1n) is 10.6. The largest absolute Gasteiger partial charge is 0.493 e. The van der Waals surface area contributed by atoms with Crippen LogP contribution < -0.4 is 20.3 Å². The van der Waals surface area contributed by atoms with E-state index in [0.717, 1.165) is 11.1 Å². The molecule has 0 spiro atoms. The lowest BCUT2D eigenvalue weighted by Crippen LogP contribution is -2.28. The average Bonchev–Trinajstić information content (AvgIpc) is 2.82. The Morgan fingerprint density at radius 2 is 1.72 bits per heavy atom. The number of hydrogen-bond acceptors (Lipinski definition) is 5. The van der Waals surface area contributed by atoms with Crippen molar-refractivity contribution in [1.29, 1.82) is 0 Å². The average molecular weight is 436 g/mol. The maximum Gasteiger partial charge on any atom is 0.266 e. The fraction of sp³-hybridized carbons (Fsp3) is 0.320. The standard InChI is InChI=1S/C25H29N3O4/c1-17(2)19-6-8-20(9-7-19)21-10-12-25(30)28(27-21)14-13-24(29)26-16-18-5-11-22(31-3)23(15-18)32-4/h5-12,15,17H,13-14,16H2,1-4H3,(H,26,29). The van der Waals surface area contributed by atoms with Crippen molar-refractivity contribution < 1.29 is 14.3 Å². The molecule has 0 aliphatic heterocycles. The minimum absolute atomic E-state index is 0.149. The molecule has 2 aromatic carbocycles. The summed E-state index contributed by atoms with van der Waals surface area (Å²) in [5.74, 6) is 1.52. The molecule has 0 fully saturated rings. The van der Waals surface area contributed by atoms with Crippen LogP contribution in [0.1, 0.15) is 37.3 Å². The van der Waals surface area contributed by atoms with Gasteiger partial charge in [-0.2, -0.15) is 5.10 Å². The van der Waals surface area contributed by atoms with Crippen molar-refractivity contribution in [2.24, 2.45) is 0 Å². The van der Waals surface area contributed by atoms with Crippen molar-refractivity contribution in [3.05, 3.63) is 76.1 Å². The lowest BCUT2D eigenvalue weighted by molar-refractivity contribution is -0.121. The summed E-state index contributed by atoms with van der Waals surface area (Å²) in [6.45, 7) is 4.84. The third kappa shape index (κ3) is 5.75. The Hall–Kier alpha value is -3.61. The summed E-state index contributed by atoms with van der Waals surface area (Å²) in [5.41, 5.74) is 3.53. The molecule has 0 saturated heterocycles. The molecule has 168 valence electrons. The number of nitrogens with zero attached hydrogens (tertiary/aromatic N) is 2. The van der Waals surface area contributed by atoms with Gasteiger partial charge in [-0.3, -0.25) is 9.59 Å². The monoisotopic (exact) mass is 435 g/mol. The molecule has 1 heterocycles. The van der Waals surface area contributed by atoms with Crippen molar-refractivity contribution in [3.8, 4) is 22.8 Å². The van der Waals surface area contributed by atoms with E-state index in [9.17, 15) is 9.59 Å². The van der Waals surface area contributed by atoms with Crippen LogP contribution in [0.15, 0.2) is 59.4 Å². The molecular weight excluding hydrogens is 406 g/mol. The van der Waals surface area contributed by atoms with Crippen molar-refractivity contribution in [3.63, 3.8) is 0 Å². The molecule has 3 rings (SSSR count). The van der Waals surface area contributed by atoms with E-state index in [0.29, 0.717) is 29.7 Å². The first kappa shape index (κ1) is 23.1. The number of amides is 1. The Morgan fingerprint density at radius 1 is 1.00 bits per heavy atom. The smallest absolute Gasteiger partial charge is 0.266 e. The number of carbonyl (C=O) groups excluding carboxylic acids is 1. The summed E-state index contributed by atoms with van der Waals surface area (Å²) < 4.78 is 11.8. The topological polar surface area (TPSA) is 82.5 Å². The van der Waals surface area contributed by atoms with Gasteiger partial charge in [-0.15, -0.1) is 0 Å². The van der Waals surface area contributed by atoms with Gasteiger partial charge in [-0.25, -0.2) is 4.68 Å². The Morgan fingerprint density at radius 3 is 2.38 bits per heavy atom. The zero-order chi connectivity index (χ0) is 23.1. The highest BCUT2D eigenvalue weighted by atomic mass is 16.5. The van der Waals surface area contributed by atoms with Gasteiger partial charge in [-0.1, -0.05) is 44.2 Å². The number of carbonyl (C=O) groups is 1. The van der Waals surface area contributed by atoms with Crippen molar-refractivity contribution in [1.82, 2.24) is 15.1 Å². The van der Waals surface area contributed by atoms with Crippen LogP contribution in [0.4, 0.5) is 0 Å². The second-order valence-corrected chi connectivity index (χ2v) is 7.77. The highest BCUT2D eigenvalue weighted by molar-refractivity contribution is 5.75. The summed E-state index contributed by atoms with van der Waals surface area (Å²) >= 11 is 0. The number of methoxy groups -OCH3 is 2. The molecule has 0 aliphatic carbocycles. The molecule has 32 heavy (non-hydrogen) atoms. The summed E-state index contributed by atoms with van der Waals surface area (Å²) in [4.78, 5) is 24.5. The fourth-order valence-electron chi connectivity index (χ4n) is 3.29. The third-order valence-electron chi connectivity index (χ3n) is 5.23. The van der Waals surface area contributed by atoms with E-state index in [1.807, 2.05) is 24.3 Å². The predicted molar refractivity (Wildman–Crippen MR) is 124 cm³/mol. The fourth-order valence-corrected chi connectivity index (χ4v) is 3.29. The molecule has 7 heteroatoms. The predicted octanol–water partition coefficient (Wildman–Crippen LogP) is 3.76. The molecule has 0 atom stereocenters. The SMILES string of the molecule is COc1ccc(CNC(=O)CCn2nc(-c3ccc(C(C)C)cc3)ccc2=O)cc1OC. The zero-order valence-electron chi connectivity index (χ0n) is 18.9. The van der Waals surface area contributed by atoms with Gasteiger partial charge in [0.1, 0.15) is 0 Å². The normalized spacial score (nSPS) is 10.8. The number of nitrogens with one attached hydrogen (secondary N) is 1. The van der Waals surface area contributed by atoms with E-state index in [4.69, 9.17) is 9.47 Å². The number of benzene rings is 2. The third-order valence-corrected chi connectivity index (χ3v) is 5.23. The highest BCUT2D eigenvalue weighted by Crippen LogP contribution is 2.27. The Balaban J connectivity index is 1.61. The Labute approximate surface area is 188 Å². The van der Waals surface area contributed by atoms with Gasteiger partial charge < -0.3 is 14.8 Å². The molecular formula is C25H29N3O4. The van der Waals surface area contributed by atoms with E-state index in [2.05, 4.69) is 36.4 Å². The quantitative estimate of drug-likeness (QED) is 0.553. The number of aryl methyl sites for hydroxylation is 1. The van der Waals surface area contributed by atoms with Crippen LogP contribution in [0, 0.1) is 0 Å². The van der Waals surface area contributed by atoms with Gasteiger partial charge in [0.15, 0.2) is 11.5 Å². The minimum Gasteiger partial charge on any atom is -0.493 e. The van der Waals surface area contributed by atoms with Crippen LogP contribution in [0.25, 0.3) is 11.3 Å². The summed E-state index contributed by atoms with van der Waals surface area (Å²) in [5, 5.41) is 7.30. The van der Waals surface area contributed by atoms with Gasteiger partial charge in [0.2, 0.25) is 5.91 Å². The van der Waals surface area contributed by atoms with Gasteiger partial charge >= 0.3 is 0 Å². The molecule has 1 aromatic heterocycles. The van der Waals surface area contributed by atoms with Crippen LogP contribution in [0.5, 0.6) is 11.5 Å². The summed E-state index contributed by atoms with van der Waals surface area (Å²) in [7, 11) is 3.14. The Kier molecular flexibility index (Phi) is 7.65. The highest BCUT2D eigenvalue weighted by Gasteiger charge is 2.09. The van der Waals surface area contributed by atoms with E-state index in [1.165, 1.54) is 16.3 Å². The van der Waals surface area contributed by atoms with Crippen LogP contribution in [-0.2, 0) is 17.9 Å². The van der Waals surface area contributed by atoms with E-state index >= 15 is 0 Å². The number of rotatable bonds is 9. The Bertz CT molecular complexity index is 1120. The molecule has 3 aromatic rings. The van der Waals surface area contributed by atoms with Gasteiger partial charge in [0, 0.05) is 24.6 Å². The van der Waals surface area contributed by atoms with E-state index < -0.39 is 0 Å². The zero-order valence-corrected chi connectivity index (χ0v) is 18.9. The van der Waals surface area contributed by atoms with Crippen LogP contribution in [-0.4, -0.2) is 29.9 Å². The van der Waals surface area contributed by atoms with Gasteiger partial charge in [-0.05, 0) is 35.2 Å². The van der Waals surface area contributed by atoms with Crippen molar-refractivity contribution in [2.45, 2.75) is 39.3 Å². The number of aromatic nitrogens is 2. The number of ether oxygens (including phenoxy) is 2. The maximum atomic E-state index is 12.3. The van der Waals surface area contributed by atoms with E-state index in [-0.39, 0.29) is 24.4 Å². The minimum atomic E-state index is -0.236. The van der Waals surface area contributed by atoms with Crippen LogP contribution >= 0.6 is 0 Å².